The van der Waals surface area contributed by atoms with Crippen LogP contribution in [0.1, 0.15) is 32.6 Å². The summed E-state index contributed by atoms with van der Waals surface area (Å²) in [6.07, 6.45) is -3.32. The molecule has 0 aliphatic carbocycles. The Hall–Kier alpha value is -0.820. The average molecular weight is 266 g/mol. The van der Waals surface area contributed by atoms with Crippen LogP contribution >= 0.6 is 0 Å². The Balaban J connectivity index is 2.21. The summed E-state index contributed by atoms with van der Waals surface area (Å²) < 4.78 is 38.3. The molecular formula is C11H17F3N2O2. The molecule has 4 nitrogen and oxygen atoms in total. The van der Waals surface area contributed by atoms with Gasteiger partial charge >= 0.3 is 6.18 Å². The first-order valence-corrected chi connectivity index (χ1v) is 6.01. The lowest BCUT2D eigenvalue weighted by molar-refractivity contribution is -0.196. The van der Waals surface area contributed by atoms with Crippen molar-refractivity contribution >= 4 is 5.91 Å². The van der Waals surface area contributed by atoms with Crippen molar-refractivity contribution in [1.29, 1.82) is 0 Å². The molecule has 1 amide bonds. The Labute approximate surface area is 103 Å². The largest absolute Gasteiger partial charge is 0.415 e. The van der Waals surface area contributed by atoms with E-state index in [-0.39, 0.29) is 12.1 Å². The minimum atomic E-state index is -4.76. The van der Waals surface area contributed by atoms with E-state index in [9.17, 15) is 23.1 Å². The maximum atomic E-state index is 12.8. The zero-order valence-corrected chi connectivity index (χ0v) is 10.1. The number of aliphatic hydroxyl groups is 1. The topological polar surface area (TPSA) is 66.6 Å². The van der Waals surface area contributed by atoms with Crippen LogP contribution in [0.4, 0.5) is 13.2 Å². The number of nitrogens with two attached hydrogens (primary N) is 1. The first kappa shape index (κ1) is 13.6. The van der Waals surface area contributed by atoms with Gasteiger partial charge in [-0.2, -0.15) is 13.2 Å². The zero-order chi connectivity index (χ0) is 13.7. The summed E-state index contributed by atoms with van der Waals surface area (Å²) in [5, 5.41) is 9.56. The summed E-state index contributed by atoms with van der Waals surface area (Å²) in [7, 11) is 0. The van der Waals surface area contributed by atoms with E-state index in [1.807, 2.05) is 0 Å². The lowest BCUT2D eigenvalue weighted by Gasteiger charge is -2.41. The van der Waals surface area contributed by atoms with Crippen LogP contribution in [-0.2, 0) is 4.79 Å². The third-order valence-corrected chi connectivity index (χ3v) is 3.98. The predicted molar refractivity (Wildman–Crippen MR) is 57.5 cm³/mol. The molecule has 2 bridgehead atoms. The van der Waals surface area contributed by atoms with E-state index in [1.54, 1.807) is 0 Å². The van der Waals surface area contributed by atoms with Crippen LogP contribution in [0.15, 0.2) is 0 Å². The minimum Gasteiger partial charge on any atom is -0.393 e. The van der Waals surface area contributed by atoms with Crippen LogP contribution in [0.5, 0.6) is 0 Å². The maximum absolute atomic E-state index is 12.8. The molecule has 3 unspecified atom stereocenters. The highest BCUT2D eigenvalue weighted by atomic mass is 19.4. The summed E-state index contributed by atoms with van der Waals surface area (Å²) in [5.41, 5.74) is 2.33. The van der Waals surface area contributed by atoms with Gasteiger partial charge in [0.05, 0.1) is 6.10 Å². The summed E-state index contributed by atoms with van der Waals surface area (Å²) in [5.74, 6) is -1.07. The molecule has 0 aromatic heterocycles. The monoisotopic (exact) mass is 266 g/mol. The molecule has 18 heavy (non-hydrogen) atoms. The fraction of sp³-hybridized carbons (Fsp3) is 0.909. The minimum absolute atomic E-state index is 0.309. The lowest BCUT2D eigenvalue weighted by atomic mass is 9.94. The Bertz CT molecular complexity index is 343. The number of carbonyl (C=O) groups is 1. The van der Waals surface area contributed by atoms with Gasteiger partial charge in [-0.25, -0.2) is 0 Å². The van der Waals surface area contributed by atoms with Crippen molar-refractivity contribution < 1.29 is 23.1 Å². The van der Waals surface area contributed by atoms with Crippen LogP contribution in [-0.4, -0.2) is 45.8 Å². The second kappa shape index (κ2) is 4.09. The second-order valence-corrected chi connectivity index (χ2v) is 5.42. The highest BCUT2D eigenvalue weighted by Crippen LogP contribution is 2.39. The normalized spacial score (nSPS) is 35.4. The third-order valence-electron chi connectivity index (χ3n) is 3.98. The molecule has 2 fully saturated rings. The number of alkyl halides is 3. The quantitative estimate of drug-likeness (QED) is 0.737. The van der Waals surface area contributed by atoms with Gasteiger partial charge in [0, 0.05) is 12.1 Å². The van der Waals surface area contributed by atoms with E-state index in [2.05, 4.69) is 0 Å². The first-order valence-electron chi connectivity index (χ1n) is 6.01. The second-order valence-electron chi connectivity index (χ2n) is 5.42. The maximum Gasteiger partial charge on any atom is 0.415 e. The first-order chi connectivity index (χ1) is 8.14. The van der Waals surface area contributed by atoms with E-state index in [4.69, 9.17) is 5.73 Å². The number of fused-ring (bicyclic) bond motifs is 2. The highest BCUT2D eigenvalue weighted by molar-refractivity contribution is 5.87. The van der Waals surface area contributed by atoms with Crippen molar-refractivity contribution in [2.45, 2.75) is 62.5 Å². The predicted octanol–water partition coefficient (Wildman–Crippen LogP) is 0.780. The van der Waals surface area contributed by atoms with Gasteiger partial charge in [0.25, 0.3) is 5.91 Å². The number of hydrogen-bond donors (Lipinski definition) is 2. The molecule has 0 spiro atoms. The van der Waals surface area contributed by atoms with Crippen LogP contribution in [0, 0.1) is 0 Å². The summed E-state index contributed by atoms with van der Waals surface area (Å²) in [6, 6.07) is -0.618. The van der Waals surface area contributed by atoms with Gasteiger partial charge in [-0.1, -0.05) is 0 Å². The molecule has 3 N–H and O–H groups in total. The summed E-state index contributed by atoms with van der Waals surface area (Å²) in [6.45, 7) is 0.708. The third kappa shape index (κ3) is 1.99. The number of piperidine rings is 1. The molecule has 0 saturated carbocycles. The molecule has 2 aliphatic heterocycles. The molecule has 2 rings (SSSR count). The number of amides is 1. The molecule has 2 aliphatic rings. The van der Waals surface area contributed by atoms with Crippen molar-refractivity contribution in [3.8, 4) is 0 Å². The number of hydrogen-bond acceptors (Lipinski definition) is 3. The zero-order valence-electron chi connectivity index (χ0n) is 10.1. The van der Waals surface area contributed by atoms with Crippen molar-refractivity contribution in [3.63, 3.8) is 0 Å². The summed E-state index contributed by atoms with van der Waals surface area (Å²) in [4.78, 5) is 13.3. The van der Waals surface area contributed by atoms with Gasteiger partial charge in [0.1, 0.15) is 0 Å². The lowest BCUT2D eigenvalue weighted by Crippen LogP contribution is -2.65. The molecule has 0 radical (unpaired) electrons. The van der Waals surface area contributed by atoms with Gasteiger partial charge in [-0.3, -0.25) is 4.79 Å². The molecule has 0 aromatic rings. The van der Waals surface area contributed by atoms with Gasteiger partial charge in [0.15, 0.2) is 5.54 Å². The van der Waals surface area contributed by atoms with Crippen molar-refractivity contribution in [1.82, 2.24) is 4.90 Å². The number of halogens is 3. The van der Waals surface area contributed by atoms with E-state index in [0.717, 1.165) is 0 Å². The van der Waals surface area contributed by atoms with Crippen LogP contribution in [0.2, 0.25) is 0 Å². The van der Waals surface area contributed by atoms with E-state index in [1.165, 1.54) is 4.90 Å². The molecule has 0 aromatic carbocycles. The van der Waals surface area contributed by atoms with E-state index < -0.39 is 23.7 Å². The highest BCUT2D eigenvalue weighted by Gasteiger charge is 2.58. The van der Waals surface area contributed by atoms with Crippen molar-refractivity contribution in [3.05, 3.63) is 0 Å². The summed E-state index contributed by atoms with van der Waals surface area (Å²) >= 11 is 0. The molecular weight excluding hydrogens is 249 g/mol. The fourth-order valence-corrected chi connectivity index (χ4v) is 2.87. The van der Waals surface area contributed by atoms with Gasteiger partial charge < -0.3 is 15.7 Å². The van der Waals surface area contributed by atoms with Crippen LogP contribution in [0.25, 0.3) is 0 Å². The van der Waals surface area contributed by atoms with Crippen LogP contribution in [0.3, 0.4) is 0 Å². The number of carbonyl (C=O) groups excluding carboxylic acids is 1. The molecule has 3 atom stereocenters. The molecule has 2 saturated heterocycles. The van der Waals surface area contributed by atoms with Gasteiger partial charge in [-0.05, 0) is 32.6 Å². The SMILES string of the molecule is CC(N)(C(=O)N1C2CCC1CC(O)C2)C(F)(F)F. The Morgan fingerprint density at radius 3 is 2.11 bits per heavy atom. The van der Waals surface area contributed by atoms with Gasteiger partial charge in [-0.15, -0.1) is 0 Å². The molecule has 2 heterocycles. The Morgan fingerprint density at radius 2 is 1.72 bits per heavy atom. The average Bonchev–Trinajstić information content (AvgIpc) is 2.48. The Kier molecular flexibility index (Phi) is 3.09. The van der Waals surface area contributed by atoms with E-state index >= 15 is 0 Å². The smallest absolute Gasteiger partial charge is 0.393 e. The molecule has 104 valence electrons. The standard InChI is InChI=1S/C11H17F3N2O2/c1-10(15,11(12,13)14)9(18)16-6-2-3-7(16)5-8(17)4-6/h6-8,17H,2-5,15H2,1H3. The van der Waals surface area contributed by atoms with Crippen LogP contribution < -0.4 is 5.73 Å². The van der Waals surface area contributed by atoms with Crippen molar-refractivity contribution in [2.75, 3.05) is 0 Å². The Morgan fingerprint density at radius 1 is 1.28 bits per heavy atom. The number of aliphatic hydroxyl groups excluding tert-OH is 1. The number of nitrogens with zero attached hydrogens (tertiary/aromatic N) is 1. The fourth-order valence-electron chi connectivity index (χ4n) is 2.87. The number of rotatable bonds is 1. The molecule has 7 heteroatoms. The van der Waals surface area contributed by atoms with Crippen molar-refractivity contribution in [2.24, 2.45) is 5.73 Å². The van der Waals surface area contributed by atoms with E-state index in [0.29, 0.717) is 32.6 Å². The van der Waals surface area contributed by atoms with Gasteiger partial charge in [0.2, 0.25) is 0 Å².